The van der Waals surface area contributed by atoms with Gasteiger partial charge < -0.3 is 19.4 Å². The number of fused-ring (bicyclic) bond motifs is 1. The predicted molar refractivity (Wildman–Crippen MR) is 106 cm³/mol. The van der Waals surface area contributed by atoms with E-state index in [0.29, 0.717) is 26.3 Å². The van der Waals surface area contributed by atoms with E-state index in [1.54, 1.807) is 11.4 Å². The lowest BCUT2D eigenvalue weighted by Crippen LogP contribution is -2.49. The Hall–Kier alpha value is -1.45. The molecule has 0 atom stereocenters. The van der Waals surface area contributed by atoms with Crippen molar-refractivity contribution in [3.63, 3.8) is 0 Å². The monoisotopic (exact) mass is 395 g/mol. The van der Waals surface area contributed by atoms with Crippen LogP contribution in [0.25, 0.3) is 10.9 Å². The van der Waals surface area contributed by atoms with E-state index in [1.807, 2.05) is 6.07 Å². The van der Waals surface area contributed by atoms with Crippen molar-refractivity contribution in [2.45, 2.75) is 6.42 Å². The van der Waals surface area contributed by atoms with Crippen LogP contribution in [0.1, 0.15) is 5.56 Å². The van der Waals surface area contributed by atoms with Crippen LogP contribution in [0.4, 0.5) is 0 Å². The Bertz CT molecular complexity index is 813. The summed E-state index contributed by atoms with van der Waals surface area (Å²) in [4.78, 5) is 5.65. The molecule has 0 aliphatic carbocycles. The fourth-order valence-electron chi connectivity index (χ4n) is 3.39. The van der Waals surface area contributed by atoms with Crippen LogP contribution in [0.3, 0.4) is 0 Å². The van der Waals surface area contributed by atoms with Crippen molar-refractivity contribution in [2.75, 3.05) is 65.4 Å². The summed E-state index contributed by atoms with van der Waals surface area (Å²) in [5.41, 5.74) is 2.48. The van der Waals surface area contributed by atoms with Gasteiger partial charge in [-0.2, -0.15) is 4.31 Å². The molecule has 1 aromatic heterocycles. The molecule has 0 saturated carbocycles. The molecule has 1 aliphatic rings. The zero-order valence-electron chi connectivity index (χ0n) is 15.9. The lowest BCUT2D eigenvalue weighted by atomic mass is 10.1. The summed E-state index contributed by atoms with van der Waals surface area (Å²) in [7, 11) is -1.65. The standard InChI is InChI=1S/C19H29N3O4S/c1-25-12-13-26-14-15-27(23,24)22-10-8-21(9-11-22)7-6-17-16-20-19-5-3-2-4-18(17)19/h2-5,16,20H,6-15H2,1H3. The molecule has 2 aromatic rings. The maximum Gasteiger partial charge on any atom is 0.216 e. The number of H-pyrrole nitrogens is 1. The minimum Gasteiger partial charge on any atom is -0.382 e. The van der Waals surface area contributed by atoms with Crippen LogP contribution < -0.4 is 0 Å². The molecule has 27 heavy (non-hydrogen) atoms. The number of nitrogens with zero attached hydrogens (tertiary/aromatic N) is 2. The van der Waals surface area contributed by atoms with Crippen molar-refractivity contribution in [1.29, 1.82) is 0 Å². The van der Waals surface area contributed by atoms with Gasteiger partial charge in [0.25, 0.3) is 0 Å². The number of benzene rings is 1. The van der Waals surface area contributed by atoms with Gasteiger partial charge in [-0.25, -0.2) is 8.42 Å². The van der Waals surface area contributed by atoms with Crippen LogP contribution >= 0.6 is 0 Å². The summed E-state index contributed by atoms with van der Waals surface area (Å²) in [6, 6.07) is 8.31. The number of aromatic nitrogens is 1. The second kappa shape index (κ2) is 9.66. The van der Waals surface area contributed by atoms with Gasteiger partial charge in [0.15, 0.2) is 0 Å². The minimum atomic E-state index is -3.25. The fourth-order valence-corrected chi connectivity index (χ4v) is 4.69. The predicted octanol–water partition coefficient (Wildman–Crippen LogP) is 1.32. The van der Waals surface area contributed by atoms with Crippen LogP contribution in [0.2, 0.25) is 0 Å². The molecule has 2 heterocycles. The van der Waals surface area contributed by atoms with Gasteiger partial charge in [0, 0.05) is 56.9 Å². The highest BCUT2D eigenvalue weighted by atomic mass is 32.2. The number of hydrogen-bond donors (Lipinski definition) is 1. The van der Waals surface area contributed by atoms with Gasteiger partial charge >= 0.3 is 0 Å². The molecule has 0 bridgehead atoms. The number of ether oxygens (including phenoxy) is 2. The number of sulfonamides is 1. The molecule has 0 unspecified atom stereocenters. The Balaban J connectivity index is 1.42. The van der Waals surface area contributed by atoms with Crippen LogP contribution in [0.15, 0.2) is 30.5 Å². The number of aromatic amines is 1. The molecule has 8 heteroatoms. The molecule has 1 aliphatic heterocycles. The number of methoxy groups -OCH3 is 1. The van der Waals surface area contributed by atoms with Gasteiger partial charge in [-0.05, 0) is 18.1 Å². The minimum absolute atomic E-state index is 0.0338. The maximum atomic E-state index is 12.4. The fraction of sp³-hybridized carbons (Fsp3) is 0.579. The van der Waals surface area contributed by atoms with Crippen molar-refractivity contribution in [2.24, 2.45) is 0 Å². The van der Waals surface area contributed by atoms with Crippen molar-refractivity contribution in [3.8, 4) is 0 Å². The quantitative estimate of drug-likeness (QED) is 0.614. The first-order valence-corrected chi connectivity index (χ1v) is 11.0. The molecule has 1 aromatic carbocycles. The molecular formula is C19H29N3O4S. The number of nitrogens with one attached hydrogen (secondary N) is 1. The van der Waals surface area contributed by atoms with Gasteiger partial charge in [-0.3, -0.25) is 0 Å². The second-order valence-corrected chi connectivity index (χ2v) is 8.86. The van der Waals surface area contributed by atoms with Crippen molar-refractivity contribution < 1.29 is 17.9 Å². The average Bonchev–Trinajstić information content (AvgIpc) is 3.10. The topological polar surface area (TPSA) is 74.9 Å². The molecule has 7 nitrogen and oxygen atoms in total. The van der Waals surface area contributed by atoms with Gasteiger partial charge in [0.2, 0.25) is 10.0 Å². The second-order valence-electron chi connectivity index (χ2n) is 6.77. The zero-order chi connectivity index (χ0) is 19.1. The Morgan fingerprint density at radius 3 is 2.63 bits per heavy atom. The SMILES string of the molecule is COCCOCCS(=O)(=O)N1CCN(CCc2c[nH]c3ccccc23)CC1. The molecule has 1 fully saturated rings. The number of para-hydroxylation sites is 1. The molecular weight excluding hydrogens is 366 g/mol. The number of rotatable bonds is 10. The Morgan fingerprint density at radius 1 is 1.07 bits per heavy atom. The third kappa shape index (κ3) is 5.52. The molecule has 0 spiro atoms. The van der Waals surface area contributed by atoms with Crippen LogP contribution in [0.5, 0.6) is 0 Å². The number of piperazine rings is 1. The van der Waals surface area contributed by atoms with E-state index < -0.39 is 10.0 Å². The molecule has 1 N–H and O–H groups in total. The molecule has 0 radical (unpaired) electrons. The van der Waals surface area contributed by atoms with E-state index in [2.05, 4.69) is 34.3 Å². The third-order valence-electron chi connectivity index (χ3n) is 5.01. The van der Waals surface area contributed by atoms with Crippen LogP contribution in [-0.2, 0) is 25.9 Å². The third-order valence-corrected chi connectivity index (χ3v) is 6.85. The Labute approximate surface area is 161 Å². The molecule has 1 saturated heterocycles. The Kier molecular flexibility index (Phi) is 7.26. The van der Waals surface area contributed by atoms with Gasteiger partial charge in [-0.1, -0.05) is 18.2 Å². The molecule has 3 rings (SSSR count). The van der Waals surface area contributed by atoms with E-state index in [-0.39, 0.29) is 12.4 Å². The van der Waals surface area contributed by atoms with E-state index in [0.717, 1.165) is 31.6 Å². The summed E-state index contributed by atoms with van der Waals surface area (Å²) in [5.74, 6) is 0.0338. The highest BCUT2D eigenvalue weighted by Gasteiger charge is 2.26. The van der Waals surface area contributed by atoms with Crippen molar-refractivity contribution >= 4 is 20.9 Å². The zero-order valence-corrected chi connectivity index (χ0v) is 16.7. The summed E-state index contributed by atoms with van der Waals surface area (Å²) < 4.78 is 36.6. The van der Waals surface area contributed by atoms with Crippen LogP contribution in [-0.4, -0.2) is 88.0 Å². The van der Waals surface area contributed by atoms with Crippen molar-refractivity contribution in [1.82, 2.24) is 14.2 Å². The Morgan fingerprint density at radius 2 is 1.85 bits per heavy atom. The van der Waals surface area contributed by atoms with Gasteiger partial charge in [0.1, 0.15) is 0 Å². The van der Waals surface area contributed by atoms with Gasteiger partial charge in [-0.15, -0.1) is 0 Å². The first-order valence-electron chi connectivity index (χ1n) is 9.42. The van der Waals surface area contributed by atoms with Crippen molar-refractivity contribution in [3.05, 3.63) is 36.0 Å². The normalized spacial score (nSPS) is 16.9. The lowest BCUT2D eigenvalue weighted by Gasteiger charge is -2.34. The lowest BCUT2D eigenvalue weighted by molar-refractivity contribution is 0.0779. The van der Waals surface area contributed by atoms with Crippen LogP contribution in [0, 0.1) is 0 Å². The largest absolute Gasteiger partial charge is 0.382 e. The van der Waals surface area contributed by atoms with E-state index in [9.17, 15) is 8.42 Å². The average molecular weight is 396 g/mol. The van der Waals surface area contributed by atoms with Gasteiger partial charge in [0.05, 0.1) is 25.6 Å². The van der Waals surface area contributed by atoms with E-state index in [4.69, 9.17) is 9.47 Å². The number of hydrogen-bond acceptors (Lipinski definition) is 5. The summed E-state index contributed by atoms with van der Waals surface area (Å²) >= 11 is 0. The summed E-state index contributed by atoms with van der Waals surface area (Å²) in [5, 5.41) is 1.27. The summed E-state index contributed by atoms with van der Waals surface area (Å²) in [6.45, 7) is 4.70. The van der Waals surface area contributed by atoms with E-state index in [1.165, 1.54) is 10.9 Å². The highest BCUT2D eigenvalue weighted by molar-refractivity contribution is 7.89. The smallest absolute Gasteiger partial charge is 0.216 e. The molecule has 150 valence electrons. The summed E-state index contributed by atoms with van der Waals surface area (Å²) in [6.07, 6.45) is 3.04. The van der Waals surface area contributed by atoms with E-state index >= 15 is 0 Å². The highest BCUT2D eigenvalue weighted by Crippen LogP contribution is 2.18. The molecule has 0 amide bonds. The first kappa shape index (κ1) is 20.3. The maximum absolute atomic E-state index is 12.4. The first-order chi connectivity index (χ1) is 13.1.